The lowest BCUT2D eigenvalue weighted by molar-refractivity contribution is 0.490. The summed E-state index contributed by atoms with van der Waals surface area (Å²) in [5.41, 5.74) is 3.31. The van der Waals surface area contributed by atoms with Gasteiger partial charge in [0.05, 0.1) is 0 Å². The number of pyridine rings is 1. The third-order valence-electron chi connectivity index (χ3n) is 4.33. The van der Waals surface area contributed by atoms with Crippen molar-refractivity contribution in [1.29, 1.82) is 0 Å². The van der Waals surface area contributed by atoms with E-state index in [1.54, 1.807) is 0 Å². The number of rotatable bonds is 0. The van der Waals surface area contributed by atoms with E-state index in [-0.39, 0.29) is 0 Å². The van der Waals surface area contributed by atoms with Crippen LogP contribution in [-0.2, 0) is 0 Å². The van der Waals surface area contributed by atoms with Crippen LogP contribution in [0.4, 0.5) is 0 Å². The Labute approximate surface area is 128 Å². The fourth-order valence-corrected chi connectivity index (χ4v) is 3.29. The molecule has 0 spiro atoms. The molecular formula is C20H13NO. The molecule has 1 aliphatic heterocycles. The summed E-state index contributed by atoms with van der Waals surface area (Å²) in [5, 5.41) is 4.57. The van der Waals surface area contributed by atoms with Gasteiger partial charge in [0.15, 0.2) is 5.75 Å². The van der Waals surface area contributed by atoms with Gasteiger partial charge in [-0.15, -0.1) is 0 Å². The average Bonchev–Trinajstić information content (AvgIpc) is 2.55. The van der Waals surface area contributed by atoms with E-state index in [0.29, 0.717) is 0 Å². The van der Waals surface area contributed by atoms with Gasteiger partial charge in [-0.3, -0.25) is 4.98 Å². The first-order valence-electron chi connectivity index (χ1n) is 7.40. The number of aromatic nitrogens is 1. The number of nitrogens with zero attached hydrogens (tertiary/aromatic N) is 1. The van der Waals surface area contributed by atoms with Crippen molar-refractivity contribution in [2.75, 3.05) is 0 Å². The molecule has 104 valence electrons. The van der Waals surface area contributed by atoms with Crippen molar-refractivity contribution in [3.05, 3.63) is 66.4 Å². The first-order chi connectivity index (χ1) is 10.8. The molecule has 1 aromatic heterocycles. The maximum Gasteiger partial charge on any atom is 0.161 e. The van der Waals surface area contributed by atoms with Gasteiger partial charge in [0, 0.05) is 27.9 Å². The Kier molecular flexibility index (Phi) is 2.18. The highest BCUT2D eigenvalue weighted by molar-refractivity contribution is 6.06. The van der Waals surface area contributed by atoms with Crippen LogP contribution in [0, 0.1) is 6.92 Å². The van der Waals surface area contributed by atoms with Gasteiger partial charge in [-0.25, -0.2) is 0 Å². The minimum atomic E-state index is 0.868. The molecule has 1 aliphatic rings. The van der Waals surface area contributed by atoms with Gasteiger partial charge in [-0.2, -0.15) is 0 Å². The maximum absolute atomic E-state index is 6.26. The summed E-state index contributed by atoms with van der Waals surface area (Å²) >= 11 is 0. The molecular weight excluding hydrogens is 270 g/mol. The zero-order valence-corrected chi connectivity index (χ0v) is 12.1. The molecule has 2 heterocycles. The summed E-state index contributed by atoms with van der Waals surface area (Å²) in [6.45, 7) is 2.10. The van der Waals surface area contributed by atoms with Crippen molar-refractivity contribution in [3.63, 3.8) is 0 Å². The lowest BCUT2D eigenvalue weighted by atomic mass is 9.96. The molecule has 0 saturated heterocycles. The molecule has 2 nitrogen and oxygen atoms in total. The predicted molar refractivity (Wildman–Crippen MR) is 89.5 cm³/mol. The summed E-state index contributed by atoms with van der Waals surface area (Å²) in [6.07, 6.45) is 1.93. The normalized spacial score (nSPS) is 12.2. The summed E-state index contributed by atoms with van der Waals surface area (Å²) in [5.74, 6) is 1.78. The van der Waals surface area contributed by atoms with Gasteiger partial charge in [0.2, 0.25) is 0 Å². The van der Waals surface area contributed by atoms with E-state index in [4.69, 9.17) is 4.74 Å². The van der Waals surface area contributed by atoms with Gasteiger partial charge < -0.3 is 4.74 Å². The van der Waals surface area contributed by atoms with E-state index < -0.39 is 0 Å². The van der Waals surface area contributed by atoms with Crippen LogP contribution in [0.5, 0.6) is 11.5 Å². The van der Waals surface area contributed by atoms with E-state index in [1.165, 1.54) is 10.9 Å². The van der Waals surface area contributed by atoms with Crippen LogP contribution < -0.4 is 4.74 Å². The molecule has 0 fully saturated rings. The topological polar surface area (TPSA) is 22.1 Å². The first kappa shape index (κ1) is 11.8. The lowest BCUT2D eigenvalue weighted by Gasteiger charge is -2.21. The van der Waals surface area contributed by atoms with Gasteiger partial charge in [-0.1, -0.05) is 48.0 Å². The van der Waals surface area contributed by atoms with Crippen LogP contribution in [0.3, 0.4) is 0 Å². The van der Waals surface area contributed by atoms with Crippen LogP contribution in [0.2, 0.25) is 0 Å². The maximum atomic E-state index is 6.26. The van der Waals surface area contributed by atoms with Crippen LogP contribution >= 0.6 is 0 Å². The quantitative estimate of drug-likeness (QED) is 0.376. The lowest BCUT2D eigenvalue weighted by Crippen LogP contribution is -2.00. The number of fused-ring (bicyclic) bond motifs is 4. The Bertz CT molecular complexity index is 1060. The molecule has 4 aromatic rings. The van der Waals surface area contributed by atoms with E-state index in [1.807, 2.05) is 18.3 Å². The van der Waals surface area contributed by atoms with E-state index in [0.717, 1.165) is 38.9 Å². The van der Waals surface area contributed by atoms with Crippen molar-refractivity contribution in [3.8, 4) is 22.8 Å². The van der Waals surface area contributed by atoms with E-state index >= 15 is 0 Å². The highest BCUT2D eigenvalue weighted by atomic mass is 16.5. The Balaban J connectivity index is 1.96. The zero-order chi connectivity index (χ0) is 14.7. The second kappa shape index (κ2) is 4.08. The SMILES string of the molecule is Cc1ccc2cnc3c(c2c1)Oc1cccc2cccc-3c12. The molecule has 2 heteroatoms. The fraction of sp³-hybridized carbons (Fsp3) is 0.0500. The van der Waals surface area contributed by atoms with Crippen molar-refractivity contribution in [1.82, 2.24) is 4.98 Å². The van der Waals surface area contributed by atoms with Gasteiger partial charge >= 0.3 is 0 Å². The standard InChI is InChI=1S/C20H13NO/c1-12-8-9-14-11-21-19-15-6-2-4-13-5-3-7-17(18(13)15)22-20(19)16(14)10-12/h2-11H,1H3. The zero-order valence-electron chi connectivity index (χ0n) is 12.1. The number of aryl methyl sites for hydroxylation is 1. The first-order valence-corrected chi connectivity index (χ1v) is 7.40. The molecule has 0 radical (unpaired) electrons. The van der Waals surface area contributed by atoms with Crippen molar-refractivity contribution in [2.45, 2.75) is 6.92 Å². The Morgan fingerprint density at radius 3 is 2.68 bits per heavy atom. The monoisotopic (exact) mass is 283 g/mol. The molecule has 22 heavy (non-hydrogen) atoms. The molecule has 0 bridgehead atoms. The molecule has 0 amide bonds. The third-order valence-corrected chi connectivity index (χ3v) is 4.33. The molecule has 0 N–H and O–H groups in total. The van der Waals surface area contributed by atoms with Crippen molar-refractivity contribution < 1.29 is 4.74 Å². The molecule has 0 atom stereocenters. The molecule has 0 aliphatic carbocycles. The number of benzene rings is 3. The van der Waals surface area contributed by atoms with E-state index in [2.05, 4.69) is 54.4 Å². The van der Waals surface area contributed by atoms with Crippen molar-refractivity contribution >= 4 is 21.5 Å². The largest absolute Gasteiger partial charge is 0.454 e. The third kappa shape index (κ3) is 1.47. The highest BCUT2D eigenvalue weighted by Gasteiger charge is 2.22. The highest BCUT2D eigenvalue weighted by Crippen LogP contribution is 2.47. The van der Waals surface area contributed by atoms with E-state index in [9.17, 15) is 0 Å². The smallest absolute Gasteiger partial charge is 0.161 e. The minimum absolute atomic E-state index is 0.868. The Morgan fingerprint density at radius 1 is 0.909 bits per heavy atom. The summed E-state index contributed by atoms with van der Waals surface area (Å²) in [7, 11) is 0. The van der Waals surface area contributed by atoms with Gasteiger partial charge in [-0.05, 0) is 24.4 Å². The summed E-state index contributed by atoms with van der Waals surface area (Å²) in [6, 6.07) is 18.9. The Morgan fingerprint density at radius 2 is 1.77 bits per heavy atom. The van der Waals surface area contributed by atoms with Crippen LogP contribution in [0.25, 0.3) is 32.8 Å². The number of hydrogen-bond donors (Lipinski definition) is 0. The summed E-state index contributed by atoms with van der Waals surface area (Å²) in [4.78, 5) is 4.68. The van der Waals surface area contributed by atoms with Crippen LogP contribution in [0.1, 0.15) is 5.56 Å². The van der Waals surface area contributed by atoms with Gasteiger partial charge in [0.25, 0.3) is 0 Å². The van der Waals surface area contributed by atoms with Crippen molar-refractivity contribution in [2.24, 2.45) is 0 Å². The number of hydrogen-bond acceptors (Lipinski definition) is 2. The second-order valence-electron chi connectivity index (χ2n) is 5.79. The molecule has 0 saturated carbocycles. The van der Waals surface area contributed by atoms with Gasteiger partial charge in [0.1, 0.15) is 11.4 Å². The average molecular weight is 283 g/mol. The minimum Gasteiger partial charge on any atom is -0.454 e. The second-order valence-corrected chi connectivity index (χ2v) is 5.79. The van der Waals surface area contributed by atoms with Crippen LogP contribution in [-0.4, -0.2) is 4.98 Å². The molecule has 3 aromatic carbocycles. The Hall–Kier alpha value is -2.87. The molecule has 5 rings (SSSR count). The number of ether oxygens (including phenoxy) is 1. The summed E-state index contributed by atoms with van der Waals surface area (Å²) < 4.78 is 6.26. The fourth-order valence-electron chi connectivity index (χ4n) is 3.29. The predicted octanol–water partition coefficient (Wildman–Crippen LogP) is 5.47. The van der Waals surface area contributed by atoms with Crippen LogP contribution in [0.15, 0.2) is 60.8 Å². The molecule has 0 unspecified atom stereocenters.